The van der Waals surface area contributed by atoms with Crippen LogP contribution >= 0.6 is 12.2 Å². The Morgan fingerprint density at radius 1 is 1.07 bits per heavy atom. The monoisotopic (exact) mass is 422 g/mol. The van der Waals surface area contributed by atoms with Crippen molar-refractivity contribution >= 4 is 35.0 Å². The fraction of sp³-hybridized carbons (Fsp3) is 0.0952. The number of aromatic nitrogens is 3. The summed E-state index contributed by atoms with van der Waals surface area (Å²) in [5, 5.41) is 2.72. The van der Waals surface area contributed by atoms with Crippen molar-refractivity contribution in [3.63, 3.8) is 0 Å². The Kier molecular flexibility index (Phi) is 4.44. The molecule has 1 aliphatic heterocycles. The van der Waals surface area contributed by atoms with Crippen molar-refractivity contribution in [3.8, 4) is 22.8 Å². The molecule has 150 valence electrons. The van der Waals surface area contributed by atoms with E-state index in [0.717, 1.165) is 11.6 Å². The fourth-order valence-corrected chi connectivity index (χ4v) is 3.55. The van der Waals surface area contributed by atoms with Crippen LogP contribution in [0.15, 0.2) is 48.5 Å². The van der Waals surface area contributed by atoms with Gasteiger partial charge in [-0.15, -0.1) is 0 Å². The lowest BCUT2D eigenvalue weighted by molar-refractivity contribution is 0.102. The molecule has 0 bridgehead atoms. The summed E-state index contributed by atoms with van der Waals surface area (Å²) in [6.07, 6.45) is 0. The average Bonchev–Trinajstić information content (AvgIpc) is 3.12. The van der Waals surface area contributed by atoms with E-state index in [2.05, 4.69) is 20.3 Å². The number of halogens is 1. The van der Waals surface area contributed by atoms with Gasteiger partial charge >= 0.3 is 0 Å². The first-order chi connectivity index (χ1) is 14.6. The highest BCUT2D eigenvalue weighted by atomic mass is 32.1. The van der Waals surface area contributed by atoms with Crippen LogP contribution in [0.2, 0.25) is 0 Å². The fourth-order valence-electron chi connectivity index (χ4n) is 3.34. The zero-order valence-electron chi connectivity index (χ0n) is 15.5. The molecule has 2 aromatic heterocycles. The number of imidazole rings is 1. The first kappa shape index (κ1) is 18.3. The van der Waals surface area contributed by atoms with Crippen LogP contribution in [0.5, 0.6) is 11.5 Å². The van der Waals surface area contributed by atoms with Gasteiger partial charge in [0.1, 0.15) is 24.8 Å². The summed E-state index contributed by atoms with van der Waals surface area (Å²) >= 11 is 5.05. The van der Waals surface area contributed by atoms with Crippen LogP contribution in [0.1, 0.15) is 10.4 Å². The number of rotatable bonds is 3. The molecule has 1 aliphatic rings. The number of nitrogens with zero attached hydrogens (tertiary/aromatic N) is 1. The van der Waals surface area contributed by atoms with Gasteiger partial charge in [0, 0.05) is 5.56 Å². The summed E-state index contributed by atoms with van der Waals surface area (Å²) in [6.45, 7) is 1.01. The minimum absolute atomic E-state index is 0.129. The van der Waals surface area contributed by atoms with Crippen molar-refractivity contribution in [3.05, 3.63) is 64.7 Å². The van der Waals surface area contributed by atoms with E-state index in [0.29, 0.717) is 52.0 Å². The largest absolute Gasteiger partial charge is 0.486 e. The maximum atomic E-state index is 13.9. The highest BCUT2D eigenvalue weighted by Crippen LogP contribution is 2.34. The SMILES string of the molecule is O=C(Nc1cccc(-c2ccc3c(c2)OCCO3)n1)c1cc(F)cc2[nH]c(=S)[nH]c12. The third kappa shape index (κ3) is 3.39. The van der Waals surface area contributed by atoms with Crippen LogP contribution in [0.25, 0.3) is 22.3 Å². The first-order valence-electron chi connectivity index (χ1n) is 9.17. The third-order valence-corrected chi connectivity index (χ3v) is 4.87. The van der Waals surface area contributed by atoms with E-state index in [-0.39, 0.29) is 5.56 Å². The Morgan fingerprint density at radius 2 is 1.90 bits per heavy atom. The van der Waals surface area contributed by atoms with Crippen LogP contribution < -0.4 is 14.8 Å². The van der Waals surface area contributed by atoms with E-state index in [4.69, 9.17) is 21.7 Å². The van der Waals surface area contributed by atoms with Crippen molar-refractivity contribution in [2.45, 2.75) is 0 Å². The number of pyridine rings is 1. The highest BCUT2D eigenvalue weighted by molar-refractivity contribution is 7.71. The molecule has 4 aromatic rings. The molecule has 5 rings (SSSR count). The van der Waals surface area contributed by atoms with Crippen LogP contribution in [-0.4, -0.2) is 34.1 Å². The second kappa shape index (κ2) is 7.27. The number of H-pyrrole nitrogens is 2. The maximum absolute atomic E-state index is 13.9. The molecule has 0 radical (unpaired) electrons. The molecule has 0 saturated heterocycles. The molecule has 3 N–H and O–H groups in total. The molecule has 0 saturated carbocycles. The van der Waals surface area contributed by atoms with E-state index in [1.807, 2.05) is 24.3 Å². The van der Waals surface area contributed by atoms with Gasteiger partial charge in [-0.25, -0.2) is 9.37 Å². The second-order valence-electron chi connectivity index (χ2n) is 6.68. The van der Waals surface area contributed by atoms with Gasteiger partial charge in [0.15, 0.2) is 16.3 Å². The standard InChI is InChI=1S/C21H15FN4O3S/c22-12-9-13(19-15(10-12)24-21(30)26-19)20(27)25-18-3-1-2-14(23-18)11-4-5-16-17(8-11)29-7-6-28-16/h1-5,8-10H,6-7H2,(H,23,25,27)(H2,24,26,30). The number of aromatic amines is 2. The van der Waals surface area contributed by atoms with Crippen molar-refractivity contribution in [1.82, 2.24) is 15.0 Å². The number of fused-ring (bicyclic) bond motifs is 2. The number of carbonyl (C=O) groups is 1. The Balaban J connectivity index is 1.45. The zero-order chi connectivity index (χ0) is 20.7. The molecule has 1 amide bonds. The molecular formula is C21H15FN4O3S. The molecule has 0 spiro atoms. The highest BCUT2D eigenvalue weighted by Gasteiger charge is 2.16. The lowest BCUT2D eigenvalue weighted by Gasteiger charge is -2.18. The molecule has 0 aliphatic carbocycles. The van der Waals surface area contributed by atoms with Gasteiger partial charge in [-0.1, -0.05) is 6.07 Å². The molecule has 3 heterocycles. The summed E-state index contributed by atoms with van der Waals surface area (Å²) < 4.78 is 25.4. The molecule has 30 heavy (non-hydrogen) atoms. The van der Waals surface area contributed by atoms with Crippen molar-refractivity contribution in [2.24, 2.45) is 0 Å². The van der Waals surface area contributed by atoms with E-state index < -0.39 is 11.7 Å². The second-order valence-corrected chi connectivity index (χ2v) is 7.08. The Morgan fingerprint density at radius 3 is 2.77 bits per heavy atom. The summed E-state index contributed by atoms with van der Waals surface area (Å²) in [6, 6.07) is 13.2. The van der Waals surface area contributed by atoms with Gasteiger partial charge in [0.05, 0.1) is 22.3 Å². The molecular weight excluding hydrogens is 407 g/mol. The zero-order valence-corrected chi connectivity index (χ0v) is 16.3. The minimum atomic E-state index is -0.545. The van der Waals surface area contributed by atoms with E-state index >= 15 is 0 Å². The molecule has 2 aromatic carbocycles. The van der Waals surface area contributed by atoms with Crippen LogP contribution in [0.4, 0.5) is 10.2 Å². The van der Waals surface area contributed by atoms with Gasteiger partial charge in [-0.2, -0.15) is 0 Å². The summed E-state index contributed by atoms with van der Waals surface area (Å²) in [5.74, 6) is 0.625. The number of benzene rings is 2. The van der Waals surface area contributed by atoms with Crippen LogP contribution in [0, 0.1) is 10.6 Å². The van der Waals surface area contributed by atoms with Gasteiger partial charge in [0.25, 0.3) is 5.91 Å². The summed E-state index contributed by atoms with van der Waals surface area (Å²) in [5.41, 5.74) is 2.45. The topological polar surface area (TPSA) is 92.0 Å². The summed E-state index contributed by atoms with van der Waals surface area (Å²) in [4.78, 5) is 23.0. The molecule has 0 atom stereocenters. The van der Waals surface area contributed by atoms with Gasteiger partial charge < -0.3 is 24.8 Å². The predicted octanol–water partition coefficient (Wildman–Crippen LogP) is 4.45. The predicted molar refractivity (Wildman–Crippen MR) is 112 cm³/mol. The Labute approximate surface area is 174 Å². The number of anilines is 1. The normalized spacial score (nSPS) is 12.7. The molecule has 7 nitrogen and oxygen atoms in total. The number of hydrogen-bond acceptors (Lipinski definition) is 5. The van der Waals surface area contributed by atoms with E-state index in [9.17, 15) is 9.18 Å². The Hall–Kier alpha value is -3.72. The lowest BCUT2D eigenvalue weighted by Crippen LogP contribution is -2.15. The van der Waals surface area contributed by atoms with Crippen molar-refractivity contribution in [1.29, 1.82) is 0 Å². The van der Waals surface area contributed by atoms with Crippen molar-refractivity contribution in [2.75, 3.05) is 18.5 Å². The average molecular weight is 422 g/mol. The van der Waals surface area contributed by atoms with Crippen LogP contribution in [-0.2, 0) is 0 Å². The lowest BCUT2D eigenvalue weighted by atomic mass is 10.1. The van der Waals surface area contributed by atoms with Gasteiger partial charge in [-0.3, -0.25) is 4.79 Å². The van der Waals surface area contributed by atoms with Gasteiger partial charge in [-0.05, 0) is 54.7 Å². The number of ether oxygens (including phenoxy) is 2. The quantitative estimate of drug-likeness (QED) is 0.424. The van der Waals surface area contributed by atoms with Crippen LogP contribution in [0.3, 0.4) is 0 Å². The smallest absolute Gasteiger partial charge is 0.259 e. The number of nitrogens with one attached hydrogen (secondary N) is 3. The summed E-state index contributed by atoms with van der Waals surface area (Å²) in [7, 11) is 0. The molecule has 0 fully saturated rings. The van der Waals surface area contributed by atoms with Crippen molar-refractivity contribution < 1.29 is 18.7 Å². The van der Waals surface area contributed by atoms with E-state index in [1.165, 1.54) is 6.07 Å². The molecule has 0 unspecified atom stereocenters. The minimum Gasteiger partial charge on any atom is -0.486 e. The number of amides is 1. The Bertz CT molecular complexity index is 1350. The number of carbonyl (C=O) groups excluding carboxylic acids is 1. The molecule has 9 heteroatoms. The van der Waals surface area contributed by atoms with Gasteiger partial charge in [0.2, 0.25) is 0 Å². The third-order valence-electron chi connectivity index (χ3n) is 4.66. The van der Waals surface area contributed by atoms with E-state index in [1.54, 1.807) is 12.1 Å². The maximum Gasteiger partial charge on any atom is 0.259 e. The first-order valence-corrected chi connectivity index (χ1v) is 9.58. The number of hydrogen-bond donors (Lipinski definition) is 3.